The first-order valence-corrected chi connectivity index (χ1v) is 9.34. The third-order valence-corrected chi connectivity index (χ3v) is 4.97. The van der Waals surface area contributed by atoms with Crippen molar-refractivity contribution >= 4 is 16.9 Å². The molecule has 3 rings (SSSR count). The van der Waals surface area contributed by atoms with Crippen molar-refractivity contribution in [2.45, 2.75) is 20.0 Å². The average molecular weight is 394 g/mol. The quantitative estimate of drug-likeness (QED) is 0.565. The molecule has 0 unspecified atom stereocenters. The Kier molecular flexibility index (Phi) is 6.34. The number of nitrogens with zero attached hydrogens (tertiary/aromatic N) is 2. The molecule has 0 saturated carbocycles. The van der Waals surface area contributed by atoms with E-state index in [1.54, 1.807) is 14.2 Å². The van der Waals surface area contributed by atoms with Gasteiger partial charge < -0.3 is 14.2 Å². The maximum Gasteiger partial charge on any atom is 0.340 e. The van der Waals surface area contributed by atoms with Gasteiger partial charge in [0.1, 0.15) is 11.5 Å². The molecule has 0 N–H and O–H groups in total. The number of benzene rings is 2. The van der Waals surface area contributed by atoms with Crippen LogP contribution in [0.3, 0.4) is 0 Å². The van der Waals surface area contributed by atoms with Crippen LogP contribution in [0.25, 0.3) is 10.9 Å². The van der Waals surface area contributed by atoms with E-state index in [2.05, 4.69) is 4.90 Å². The third kappa shape index (κ3) is 4.32. The standard InChI is InChI=1S/C23H26N2O4/c1-15-18-8-6-7-9-19(18)24-20(22(15)23(26)29-5)14-25(2)13-16-10-11-17(27-3)12-21(16)28-4/h6-12H,13-14H2,1-5H3. The molecule has 3 aromatic rings. The highest BCUT2D eigenvalue weighted by Gasteiger charge is 2.20. The van der Waals surface area contributed by atoms with Gasteiger partial charge in [0.25, 0.3) is 0 Å². The van der Waals surface area contributed by atoms with Crippen LogP contribution in [-0.4, -0.2) is 44.2 Å². The molecule has 6 nitrogen and oxygen atoms in total. The van der Waals surface area contributed by atoms with Gasteiger partial charge in [-0.2, -0.15) is 0 Å². The van der Waals surface area contributed by atoms with Crippen LogP contribution in [-0.2, 0) is 17.8 Å². The first-order valence-electron chi connectivity index (χ1n) is 9.34. The van der Waals surface area contributed by atoms with Gasteiger partial charge >= 0.3 is 5.97 Å². The molecule has 1 aromatic heterocycles. The van der Waals surface area contributed by atoms with E-state index in [1.165, 1.54) is 7.11 Å². The van der Waals surface area contributed by atoms with Gasteiger partial charge in [0.05, 0.1) is 38.1 Å². The summed E-state index contributed by atoms with van der Waals surface area (Å²) in [5.41, 5.74) is 3.99. The smallest absolute Gasteiger partial charge is 0.340 e. The second-order valence-corrected chi connectivity index (χ2v) is 6.92. The van der Waals surface area contributed by atoms with Crippen molar-refractivity contribution < 1.29 is 19.0 Å². The Morgan fingerprint density at radius 3 is 2.48 bits per heavy atom. The summed E-state index contributed by atoms with van der Waals surface area (Å²) in [5.74, 6) is 1.13. The Hall–Kier alpha value is -3.12. The summed E-state index contributed by atoms with van der Waals surface area (Å²) in [6, 6.07) is 13.6. The van der Waals surface area contributed by atoms with Crippen molar-refractivity contribution in [3.8, 4) is 11.5 Å². The number of carbonyl (C=O) groups is 1. The number of rotatable bonds is 7. The largest absolute Gasteiger partial charge is 0.497 e. The Balaban J connectivity index is 1.94. The molecular formula is C23H26N2O4. The predicted octanol–water partition coefficient (Wildman–Crippen LogP) is 3.98. The van der Waals surface area contributed by atoms with E-state index in [9.17, 15) is 4.79 Å². The Labute approximate surface area is 171 Å². The van der Waals surface area contributed by atoms with E-state index in [0.29, 0.717) is 24.3 Å². The number of fused-ring (bicyclic) bond motifs is 1. The molecule has 6 heteroatoms. The SMILES string of the molecule is COC(=O)c1c(CN(C)Cc2ccc(OC)cc2OC)nc2ccccc2c1C. The topological polar surface area (TPSA) is 60.9 Å². The van der Waals surface area contributed by atoms with E-state index < -0.39 is 0 Å². The number of pyridine rings is 1. The summed E-state index contributed by atoms with van der Waals surface area (Å²) in [7, 11) is 6.65. The number of ether oxygens (including phenoxy) is 3. The summed E-state index contributed by atoms with van der Waals surface area (Å²) >= 11 is 0. The zero-order valence-electron chi connectivity index (χ0n) is 17.5. The molecule has 0 atom stereocenters. The van der Waals surface area contributed by atoms with Gasteiger partial charge in [-0.3, -0.25) is 9.88 Å². The maximum atomic E-state index is 12.5. The van der Waals surface area contributed by atoms with Gasteiger partial charge in [-0.05, 0) is 31.7 Å². The zero-order valence-corrected chi connectivity index (χ0v) is 17.5. The number of aryl methyl sites for hydroxylation is 1. The summed E-state index contributed by atoms with van der Waals surface area (Å²) in [6.07, 6.45) is 0. The fourth-order valence-corrected chi connectivity index (χ4v) is 3.51. The van der Waals surface area contributed by atoms with Gasteiger partial charge in [-0.15, -0.1) is 0 Å². The monoisotopic (exact) mass is 394 g/mol. The number of para-hydroxylation sites is 1. The first-order chi connectivity index (χ1) is 14.0. The fourth-order valence-electron chi connectivity index (χ4n) is 3.51. The van der Waals surface area contributed by atoms with Crippen LogP contribution in [0.2, 0.25) is 0 Å². The summed E-state index contributed by atoms with van der Waals surface area (Å²) in [4.78, 5) is 19.3. The molecule has 0 amide bonds. The lowest BCUT2D eigenvalue weighted by Crippen LogP contribution is -2.21. The van der Waals surface area contributed by atoms with Crippen LogP contribution in [0, 0.1) is 6.92 Å². The molecule has 152 valence electrons. The molecule has 0 spiro atoms. The molecule has 1 heterocycles. The fraction of sp³-hybridized carbons (Fsp3) is 0.304. The third-order valence-electron chi connectivity index (χ3n) is 4.97. The lowest BCUT2D eigenvalue weighted by Gasteiger charge is -2.21. The summed E-state index contributed by atoms with van der Waals surface area (Å²) in [5, 5.41) is 0.955. The van der Waals surface area contributed by atoms with Crippen LogP contribution in [0.15, 0.2) is 42.5 Å². The highest BCUT2D eigenvalue weighted by atomic mass is 16.5. The molecular weight excluding hydrogens is 368 g/mol. The zero-order chi connectivity index (χ0) is 21.0. The van der Waals surface area contributed by atoms with Crippen LogP contribution in [0.1, 0.15) is 27.2 Å². The summed E-state index contributed by atoms with van der Waals surface area (Å²) < 4.78 is 15.8. The van der Waals surface area contributed by atoms with Crippen molar-refractivity contribution in [1.82, 2.24) is 9.88 Å². The van der Waals surface area contributed by atoms with Crippen molar-refractivity contribution in [2.24, 2.45) is 0 Å². The number of aromatic nitrogens is 1. The van der Waals surface area contributed by atoms with Gasteiger partial charge in [-0.25, -0.2) is 4.79 Å². The van der Waals surface area contributed by atoms with E-state index in [-0.39, 0.29) is 5.97 Å². The minimum Gasteiger partial charge on any atom is -0.497 e. The molecule has 0 aliphatic heterocycles. The molecule has 29 heavy (non-hydrogen) atoms. The van der Waals surface area contributed by atoms with E-state index in [1.807, 2.05) is 56.4 Å². The lowest BCUT2D eigenvalue weighted by molar-refractivity contribution is 0.0597. The molecule has 2 aromatic carbocycles. The highest BCUT2D eigenvalue weighted by molar-refractivity contribution is 5.98. The predicted molar refractivity (Wildman–Crippen MR) is 113 cm³/mol. The van der Waals surface area contributed by atoms with Gasteiger partial charge in [0.2, 0.25) is 0 Å². The second-order valence-electron chi connectivity index (χ2n) is 6.92. The number of carbonyl (C=O) groups excluding carboxylic acids is 1. The van der Waals surface area contributed by atoms with E-state index in [0.717, 1.165) is 33.5 Å². The number of hydrogen-bond acceptors (Lipinski definition) is 6. The van der Waals surface area contributed by atoms with Crippen LogP contribution in [0.4, 0.5) is 0 Å². The Morgan fingerprint density at radius 2 is 1.79 bits per heavy atom. The van der Waals surface area contributed by atoms with E-state index >= 15 is 0 Å². The Bertz CT molecular complexity index is 1030. The highest BCUT2D eigenvalue weighted by Crippen LogP contribution is 2.27. The van der Waals surface area contributed by atoms with Crippen molar-refractivity contribution in [2.75, 3.05) is 28.4 Å². The van der Waals surface area contributed by atoms with Crippen LogP contribution >= 0.6 is 0 Å². The molecule has 0 radical (unpaired) electrons. The minimum atomic E-state index is -0.369. The molecule has 0 aliphatic carbocycles. The normalized spacial score (nSPS) is 11.0. The number of methoxy groups -OCH3 is 3. The van der Waals surface area contributed by atoms with Gasteiger partial charge in [0.15, 0.2) is 0 Å². The van der Waals surface area contributed by atoms with Crippen molar-refractivity contribution in [3.05, 3.63) is 64.8 Å². The molecule has 0 saturated heterocycles. The number of hydrogen-bond donors (Lipinski definition) is 0. The molecule has 0 bridgehead atoms. The minimum absolute atomic E-state index is 0.369. The second kappa shape index (κ2) is 8.92. The lowest BCUT2D eigenvalue weighted by atomic mass is 10.0. The maximum absolute atomic E-state index is 12.5. The van der Waals surface area contributed by atoms with Crippen LogP contribution in [0.5, 0.6) is 11.5 Å². The average Bonchev–Trinajstić information content (AvgIpc) is 2.73. The first kappa shape index (κ1) is 20.6. The Morgan fingerprint density at radius 1 is 1.03 bits per heavy atom. The number of esters is 1. The molecule has 0 aliphatic rings. The van der Waals surface area contributed by atoms with E-state index in [4.69, 9.17) is 19.2 Å². The summed E-state index contributed by atoms with van der Waals surface area (Å²) in [6.45, 7) is 3.05. The van der Waals surface area contributed by atoms with Crippen LogP contribution < -0.4 is 9.47 Å². The molecule has 0 fully saturated rings. The van der Waals surface area contributed by atoms with Crippen molar-refractivity contribution in [3.63, 3.8) is 0 Å². The van der Waals surface area contributed by atoms with Gasteiger partial charge in [0, 0.05) is 30.1 Å². The van der Waals surface area contributed by atoms with Gasteiger partial charge in [-0.1, -0.05) is 24.3 Å². The van der Waals surface area contributed by atoms with Crippen molar-refractivity contribution in [1.29, 1.82) is 0 Å².